The molecule has 3 aromatic carbocycles. The number of hydrogen-bond donors (Lipinski definition) is 1. The molecule has 198 valence electrons. The standard InChI is InChI=1S/C32H35FN2O3/c1-3-29(31(36)34-26-10-6-7-21(2)19-26)38-27-16-13-22-17-18-35(32(37)24-8-4-5-9-24)30(28(22)20-27)23-11-14-25(33)15-12-23/h6-7,10-16,19-20,24,29-30H,3-5,8-9,17-18H2,1-2H3,(H,34,36). The van der Waals surface area contributed by atoms with Crippen molar-refractivity contribution in [2.75, 3.05) is 11.9 Å². The molecule has 2 atom stereocenters. The van der Waals surface area contributed by atoms with E-state index in [1.54, 1.807) is 12.1 Å². The molecule has 0 aromatic heterocycles. The van der Waals surface area contributed by atoms with E-state index in [1.165, 1.54) is 12.1 Å². The summed E-state index contributed by atoms with van der Waals surface area (Å²) in [5, 5.41) is 2.96. The van der Waals surface area contributed by atoms with Gasteiger partial charge in [0, 0.05) is 18.2 Å². The van der Waals surface area contributed by atoms with E-state index < -0.39 is 6.10 Å². The lowest BCUT2D eigenvalue weighted by atomic mass is 9.87. The Morgan fingerprint density at radius 2 is 1.82 bits per heavy atom. The van der Waals surface area contributed by atoms with Crippen molar-refractivity contribution in [2.24, 2.45) is 5.92 Å². The van der Waals surface area contributed by atoms with Crippen molar-refractivity contribution in [3.8, 4) is 5.75 Å². The normalized spacial score (nSPS) is 18.1. The summed E-state index contributed by atoms with van der Waals surface area (Å²) in [5.74, 6) is 0.300. The molecule has 5 nitrogen and oxygen atoms in total. The summed E-state index contributed by atoms with van der Waals surface area (Å²) in [7, 11) is 0. The molecule has 1 aliphatic heterocycles. The molecule has 3 aromatic rings. The van der Waals surface area contributed by atoms with Gasteiger partial charge in [0.15, 0.2) is 6.10 Å². The molecule has 6 heteroatoms. The van der Waals surface area contributed by atoms with Gasteiger partial charge in [0.2, 0.25) is 5.91 Å². The number of hydrogen-bond acceptors (Lipinski definition) is 3. The van der Waals surface area contributed by atoms with Crippen molar-refractivity contribution in [1.29, 1.82) is 0 Å². The van der Waals surface area contributed by atoms with Crippen LogP contribution in [0.4, 0.5) is 10.1 Å². The predicted molar refractivity (Wildman–Crippen MR) is 147 cm³/mol. The number of nitrogens with zero attached hydrogens (tertiary/aromatic N) is 1. The summed E-state index contributed by atoms with van der Waals surface area (Å²) in [6.45, 7) is 4.53. The largest absolute Gasteiger partial charge is 0.481 e. The molecule has 5 rings (SSSR count). The third kappa shape index (κ3) is 5.59. The number of anilines is 1. The molecule has 1 N–H and O–H groups in total. The molecule has 0 bridgehead atoms. The molecule has 1 fully saturated rings. The average molecular weight is 515 g/mol. The van der Waals surface area contributed by atoms with Crippen LogP contribution in [-0.2, 0) is 16.0 Å². The van der Waals surface area contributed by atoms with Crippen LogP contribution in [0.2, 0.25) is 0 Å². The minimum Gasteiger partial charge on any atom is -0.481 e. The van der Waals surface area contributed by atoms with Crippen LogP contribution in [0.25, 0.3) is 0 Å². The number of carbonyl (C=O) groups excluding carboxylic acids is 2. The number of rotatable bonds is 7. The Morgan fingerprint density at radius 1 is 1.05 bits per heavy atom. The Balaban J connectivity index is 1.43. The van der Waals surface area contributed by atoms with Crippen LogP contribution in [-0.4, -0.2) is 29.4 Å². The second-order valence-corrected chi connectivity index (χ2v) is 10.5. The maximum absolute atomic E-state index is 13.8. The Morgan fingerprint density at radius 3 is 2.53 bits per heavy atom. The van der Waals surface area contributed by atoms with Crippen molar-refractivity contribution in [2.45, 2.75) is 64.5 Å². The van der Waals surface area contributed by atoms with Crippen molar-refractivity contribution in [3.05, 3.63) is 94.8 Å². The van der Waals surface area contributed by atoms with Gasteiger partial charge >= 0.3 is 0 Å². The van der Waals surface area contributed by atoms with E-state index in [9.17, 15) is 14.0 Å². The molecule has 2 aliphatic rings. The lowest BCUT2D eigenvalue weighted by Gasteiger charge is -2.39. The van der Waals surface area contributed by atoms with Gasteiger partial charge in [0.05, 0.1) is 6.04 Å². The Labute approximate surface area is 224 Å². The van der Waals surface area contributed by atoms with Gasteiger partial charge < -0.3 is 15.0 Å². The van der Waals surface area contributed by atoms with Crippen LogP contribution >= 0.6 is 0 Å². The monoisotopic (exact) mass is 514 g/mol. The lowest BCUT2D eigenvalue weighted by Crippen LogP contribution is -2.43. The smallest absolute Gasteiger partial charge is 0.265 e. The van der Waals surface area contributed by atoms with E-state index >= 15 is 0 Å². The second kappa shape index (κ2) is 11.4. The number of halogens is 1. The van der Waals surface area contributed by atoms with Gasteiger partial charge in [0.1, 0.15) is 11.6 Å². The molecule has 0 saturated heterocycles. The first-order chi connectivity index (χ1) is 18.4. The number of fused-ring (bicyclic) bond motifs is 1. The second-order valence-electron chi connectivity index (χ2n) is 10.5. The minimum atomic E-state index is -0.669. The van der Waals surface area contributed by atoms with Gasteiger partial charge in [-0.25, -0.2) is 4.39 Å². The van der Waals surface area contributed by atoms with Gasteiger partial charge in [-0.15, -0.1) is 0 Å². The van der Waals surface area contributed by atoms with Gasteiger partial charge in [-0.1, -0.05) is 50.1 Å². The van der Waals surface area contributed by atoms with Crippen molar-refractivity contribution < 1.29 is 18.7 Å². The van der Waals surface area contributed by atoms with E-state index in [0.29, 0.717) is 18.7 Å². The Hall–Kier alpha value is -3.67. The number of aryl methyl sites for hydroxylation is 1. The third-order valence-electron chi connectivity index (χ3n) is 7.75. The average Bonchev–Trinajstić information content (AvgIpc) is 3.46. The number of ether oxygens (including phenoxy) is 1. The van der Waals surface area contributed by atoms with Crippen LogP contribution in [0.3, 0.4) is 0 Å². The highest BCUT2D eigenvalue weighted by molar-refractivity contribution is 5.94. The summed E-state index contributed by atoms with van der Waals surface area (Å²) < 4.78 is 20.0. The van der Waals surface area contributed by atoms with Gasteiger partial charge in [-0.2, -0.15) is 0 Å². The van der Waals surface area contributed by atoms with Crippen LogP contribution < -0.4 is 10.1 Å². The first kappa shape index (κ1) is 26.0. The van der Waals surface area contributed by atoms with Crippen LogP contribution in [0, 0.1) is 18.7 Å². The fourth-order valence-electron chi connectivity index (χ4n) is 5.75. The summed E-state index contributed by atoms with van der Waals surface area (Å²) in [6, 6.07) is 19.7. The molecule has 0 spiro atoms. The molecular formula is C32H35FN2O3. The van der Waals surface area contributed by atoms with E-state index in [0.717, 1.165) is 60.0 Å². The molecular weight excluding hydrogens is 479 g/mol. The molecule has 38 heavy (non-hydrogen) atoms. The summed E-state index contributed by atoms with van der Waals surface area (Å²) in [5.41, 5.74) is 4.79. The molecule has 1 aliphatic carbocycles. The zero-order chi connectivity index (χ0) is 26.6. The zero-order valence-corrected chi connectivity index (χ0v) is 22.1. The Bertz CT molecular complexity index is 1300. The molecule has 2 unspecified atom stereocenters. The number of amides is 2. The summed E-state index contributed by atoms with van der Waals surface area (Å²) in [4.78, 5) is 28.6. The SMILES string of the molecule is CCC(Oc1ccc2c(c1)C(c1ccc(F)cc1)N(C(=O)C1CCCC1)CC2)C(=O)Nc1cccc(C)c1. The molecule has 1 saturated carbocycles. The molecule has 0 radical (unpaired) electrons. The number of benzene rings is 3. The van der Waals surface area contributed by atoms with Gasteiger partial charge in [-0.3, -0.25) is 9.59 Å². The Kier molecular flexibility index (Phi) is 7.77. The zero-order valence-electron chi connectivity index (χ0n) is 22.1. The quantitative estimate of drug-likeness (QED) is 0.387. The van der Waals surface area contributed by atoms with E-state index in [1.807, 2.05) is 61.2 Å². The van der Waals surface area contributed by atoms with Crippen molar-refractivity contribution >= 4 is 17.5 Å². The number of carbonyl (C=O) groups is 2. The van der Waals surface area contributed by atoms with Gasteiger partial charge in [-0.05, 0) is 91.3 Å². The topological polar surface area (TPSA) is 58.6 Å². The maximum atomic E-state index is 13.8. The fraction of sp³-hybridized carbons (Fsp3) is 0.375. The van der Waals surface area contributed by atoms with Crippen LogP contribution in [0.1, 0.15) is 67.3 Å². The van der Waals surface area contributed by atoms with Crippen LogP contribution in [0.15, 0.2) is 66.7 Å². The summed E-state index contributed by atoms with van der Waals surface area (Å²) >= 11 is 0. The maximum Gasteiger partial charge on any atom is 0.265 e. The van der Waals surface area contributed by atoms with E-state index in [4.69, 9.17) is 4.74 Å². The van der Waals surface area contributed by atoms with Crippen LogP contribution in [0.5, 0.6) is 5.75 Å². The predicted octanol–water partition coefficient (Wildman–Crippen LogP) is 6.59. The molecule has 1 heterocycles. The molecule has 2 amide bonds. The van der Waals surface area contributed by atoms with E-state index in [-0.39, 0.29) is 29.6 Å². The third-order valence-corrected chi connectivity index (χ3v) is 7.75. The van der Waals surface area contributed by atoms with E-state index in [2.05, 4.69) is 5.32 Å². The lowest BCUT2D eigenvalue weighted by molar-refractivity contribution is -0.137. The van der Waals surface area contributed by atoms with Crippen molar-refractivity contribution in [3.63, 3.8) is 0 Å². The number of nitrogens with one attached hydrogen (secondary N) is 1. The summed E-state index contributed by atoms with van der Waals surface area (Å²) in [6.07, 6.45) is 4.61. The first-order valence-corrected chi connectivity index (χ1v) is 13.7. The fourth-order valence-corrected chi connectivity index (χ4v) is 5.75. The highest BCUT2D eigenvalue weighted by atomic mass is 19.1. The van der Waals surface area contributed by atoms with Gasteiger partial charge in [0.25, 0.3) is 5.91 Å². The van der Waals surface area contributed by atoms with Crippen molar-refractivity contribution in [1.82, 2.24) is 4.90 Å². The minimum absolute atomic E-state index is 0.0497. The highest BCUT2D eigenvalue weighted by Crippen LogP contribution is 2.40. The first-order valence-electron chi connectivity index (χ1n) is 13.7. The highest BCUT2D eigenvalue weighted by Gasteiger charge is 2.36.